The lowest BCUT2D eigenvalue weighted by molar-refractivity contribution is 0.331. The number of halogens is 2. The zero-order chi connectivity index (χ0) is 12.5. The smallest absolute Gasteiger partial charge is 0.137 e. The first-order chi connectivity index (χ1) is 8.07. The van der Waals surface area contributed by atoms with E-state index in [9.17, 15) is 0 Å². The minimum atomic E-state index is 0.359. The Kier molecular flexibility index (Phi) is 4.04. The molecular weight excluding hydrogens is 300 g/mol. The van der Waals surface area contributed by atoms with Crippen molar-refractivity contribution in [1.82, 2.24) is 0 Å². The topological polar surface area (TPSA) is 9.23 Å². The van der Waals surface area contributed by atoms with Crippen LogP contribution in [0.2, 0.25) is 5.02 Å². The Hall–Kier alpha value is -0.210. The lowest BCUT2D eigenvalue weighted by Gasteiger charge is -2.30. The summed E-state index contributed by atoms with van der Waals surface area (Å²) in [6, 6.07) is 6.07. The third-order valence-corrected chi connectivity index (χ3v) is 5.76. The molecule has 0 radical (unpaired) electrons. The average molecular weight is 318 g/mol. The molecule has 1 aromatic rings. The number of hydrogen-bond acceptors (Lipinski definition) is 1. The lowest BCUT2D eigenvalue weighted by atomic mass is 9.82. The molecule has 0 amide bonds. The van der Waals surface area contributed by atoms with E-state index in [1.165, 1.54) is 31.2 Å². The summed E-state index contributed by atoms with van der Waals surface area (Å²) in [5, 5.41) is 0.691. The van der Waals surface area contributed by atoms with Crippen LogP contribution in [0, 0.1) is 5.41 Å². The average Bonchev–Trinajstić information content (AvgIpc) is 2.76. The molecule has 0 spiro atoms. The van der Waals surface area contributed by atoms with Crippen LogP contribution in [0.3, 0.4) is 0 Å². The fourth-order valence-corrected chi connectivity index (χ4v) is 3.69. The molecule has 2 rings (SSSR count). The van der Waals surface area contributed by atoms with Gasteiger partial charge in [-0.1, -0.05) is 53.4 Å². The van der Waals surface area contributed by atoms with E-state index in [4.69, 9.17) is 16.3 Å². The van der Waals surface area contributed by atoms with Crippen LogP contribution >= 0.6 is 27.5 Å². The number of methoxy groups -OCH3 is 1. The summed E-state index contributed by atoms with van der Waals surface area (Å²) >= 11 is 10.0. The van der Waals surface area contributed by atoms with Crippen molar-refractivity contribution in [3.8, 4) is 5.75 Å². The normalized spacial score (nSPS) is 20.2. The van der Waals surface area contributed by atoms with Crippen molar-refractivity contribution in [2.75, 3.05) is 7.11 Å². The zero-order valence-corrected chi connectivity index (χ0v) is 12.6. The highest BCUT2D eigenvalue weighted by molar-refractivity contribution is 9.09. The van der Waals surface area contributed by atoms with E-state index in [0.717, 1.165) is 5.75 Å². The predicted octanol–water partition coefficient (Wildman–Crippen LogP) is 5.36. The third kappa shape index (κ3) is 2.63. The van der Waals surface area contributed by atoms with Crippen molar-refractivity contribution in [2.24, 2.45) is 5.41 Å². The highest BCUT2D eigenvalue weighted by Gasteiger charge is 2.36. The summed E-state index contributed by atoms with van der Waals surface area (Å²) in [6.45, 7) is 2.36. The van der Waals surface area contributed by atoms with Crippen molar-refractivity contribution >= 4 is 27.5 Å². The SMILES string of the molecule is COc1ccc(C(Br)C2(C)CCCC2)cc1Cl. The second-order valence-electron chi connectivity index (χ2n) is 5.12. The van der Waals surface area contributed by atoms with E-state index >= 15 is 0 Å². The monoisotopic (exact) mass is 316 g/mol. The van der Waals surface area contributed by atoms with Crippen molar-refractivity contribution < 1.29 is 4.74 Å². The van der Waals surface area contributed by atoms with Crippen molar-refractivity contribution in [3.05, 3.63) is 28.8 Å². The number of benzene rings is 1. The Balaban J connectivity index is 2.25. The summed E-state index contributed by atoms with van der Waals surface area (Å²) in [5.41, 5.74) is 1.61. The maximum atomic E-state index is 6.18. The van der Waals surface area contributed by atoms with Gasteiger partial charge in [0.1, 0.15) is 5.75 Å². The molecule has 3 heteroatoms. The molecule has 94 valence electrons. The van der Waals surface area contributed by atoms with Gasteiger partial charge in [-0.15, -0.1) is 0 Å². The quantitative estimate of drug-likeness (QED) is 0.681. The molecule has 1 unspecified atom stereocenters. The Morgan fingerprint density at radius 3 is 2.53 bits per heavy atom. The third-order valence-electron chi connectivity index (χ3n) is 3.83. The molecule has 0 aromatic heterocycles. The van der Waals surface area contributed by atoms with Gasteiger partial charge in [0.05, 0.1) is 12.1 Å². The molecule has 1 aliphatic rings. The largest absolute Gasteiger partial charge is 0.495 e. The Bertz CT molecular complexity index is 399. The van der Waals surface area contributed by atoms with Gasteiger partial charge < -0.3 is 4.74 Å². The van der Waals surface area contributed by atoms with E-state index in [-0.39, 0.29) is 0 Å². The summed E-state index contributed by atoms with van der Waals surface area (Å²) in [5.74, 6) is 0.742. The predicted molar refractivity (Wildman–Crippen MR) is 76.2 cm³/mol. The van der Waals surface area contributed by atoms with Gasteiger partial charge in [-0.05, 0) is 36.0 Å². The maximum Gasteiger partial charge on any atom is 0.137 e. The van der Waals surface area contributed by atoms with Crippen LogP contribution in [0.25, 0.3) is 0 Å². The molecule has 1 aromatic carbocycles. The van der Waals surface area contributed by atoms with Gasteiger partial charge in [-0.25, -0.2) is 0 Å². The first-order valence-corrected chi connectivity index (χ1v) is 7.34. The van der Waals surface area contributed by atoms with E-state index in [1.807, 2.05) is 12.1 Å². The van der Waals surface area contributed by atoms with Crippen LogP contribution in [0.1, 0.15) is 43.0 Å². The zero-order valence-electron chi connectivity index (χ0n) is 10.3. The molecule has 1 fully saturated rings. The first-order valence-electron chi connectivity index (χ1n) is 6.04. The second-order valence-corrected chi connectivity index (χ2v) is 6.44. The van der Waals surface area contributed by atoms with Gasteiger partial charge in [0.15, 0.2) is 0 Å². The number of hydrogen-bond donors (Lipinski definition) is 0. The first kappa shape index (κ1) is 13.2. The molecule has 1 nitrogen and oxygen atoms in total. The standard InChI is InChI=1S/C14H18BrClO/c1-14(7-3-4-8-14)13(15)10-5-6-12(17-2)11(16)9-10/h5-6,9,13H,3-4,7-8H2,1-2H3. The molecular formula is C14H18BrClO. The van der Waals surface area contributed by atoms with Crippen LogP contribution < -0.4 is 4.74 Å². The summed E-state index contributed by atoms with van der Waals surface area (Å²) in [6.07, 6.45) is 5.24. The van der Waals surface area contributed by atoms with Gasteiger partial charge in [0.25, 0.3) is 0 Å². The van der Waals surface area contributed by atoms with E-state index in [2.05, 4.69) is 28.9 Å². The molecule has 0 heterocycles. The molecule has 0 saturated heterocycles. The Morgan fingerprint density at radius 2 is 2.00 bits per heavy atom. The van der Waals surface area contributed by atoms with Crippen molar-refractivity contribution in [3.63, 3.8) is 0 Å². The molecule has 0 N–H and O–H groups in total. The van der Waals surface area contributed by atoms with Crippen LogP contribution in [0.15, 0.2) is 18.2 Å². The van der Waals surface area contributed by atoms with Crippen molar-refractivity contribution in [1.29, 1.82) is 0 Å². The van der Waals surface area contributed by atoms with E-state index in [1.54, 1.807) is 7.11 Å². The van der Waals surface area contributed by atoms with Gasteiger partial charge in [0.2, 0.25) is 0 Å². The fourth-order valence-electron chi connectivity index (χ4n) is 2.68. The number of ether oxygens (including phenoxy) is 1. The van der Waals surface area contributed by atoms with Crippen LogP contribution in [-0.2, 0) is 0 Å². The summed E-state index contributed by atoms with van der Waals surface area (Å²) < 4.78 is 5.18. The summed E-state index contributed by atoms with van der Waals surface area (Å²) in [4.78, 5) is 0.376. The molecule has 1 atom stereocenters. The van der Waals surface area contributed by atoms with Crippen LogP contribution in [0.4, 0.5) is 0 Å². The number of alkyl halides is 1. The molecule has 1 aliphatic carbocycles. The van der Waals surface area contributed by atoms with Gasteiger partial charge >= 0.3 is 0 Å². The van der Waals surface area contributed by atoms with E-state index < -0.39 is 0 Å². The van der Waals surface area contributed by atoms with Crippen LogP contribution in [0.5, 0.6) is 5.75 Å². The second kappa shape index (κ2) is 5.19. The molecule has 0 aliphatic heterocycles. The molecule has 17 heavy (non-hydrogen) atoms. The fraction of sp³-hybridized carbons (Fsp3) is 0.571. The van der Waals surface area contributed by atoms with Gasteiger partial charge in [0, 0.05) is 4.83 Å². The summed E-state index contributed by atoms with van der Waals surface area (Å²) in [7, 11) is 1.64. The molecule has 0 bridgehead atoms. The molecule has 1 saturated carbocycles. The van der Waals surface area contributed by atoms with Crippen LogP contribution in [-0.4, -0.2) is 7.11 Å². The van der Waals surface area contributed by atoms with Gasteiger partial charge in [-0.3, -0.25) is 0 Å². The minimum Gasteiger partial charge on any atom is -0.495 e. The highest BCUT2D eigenvalue weighted by Crippen LogP contribution is 2.52. The Labute approximate surface area is 117 Å². The number of rotatable bonds is 3. The van der Waals surface area contributed by atoms with Gasteiger partial charge in [-0.2, -0.15) is 0 Å². The minimum absolute atomic E-state index is 0.359. The van der Waals surface area contributed by atoms with E-state index in [0.29, 0.717) is 15.3 Å². The highest BCUT2D eigenvalue weighted by atomic mass is 79.9. The van der Waals surface area contributed by atoms with Crippen molar-refractivity contribution in [2.45, 2.75) is 37.4 Å². The lowest BCUT2D eigenvalue weighted by Crippen LogP contribution is -2.17. The maximum absolute atomic E-state index is 6.18. The Morgan fingerprint density at radius 1 is 1.35 bits per heavy atom.